The molecular weight excluding hydrogens is 288 g/mol. The van der Waals surface area contributed by atoms with Gasteiger partial charge in [0.1, 0.15) is 21.0 Å². The second-order valence-corrected chi connectivity index (χ2v) is 6.64. The lowest BCUT2D eigenvalue weighted by atomic mass is 10.3. The molecule has 7 heteroatoms. The number of thioether (sulfide) groups is 2. The van der Waals surface area contributed by atoms with Crippen LogP contribution in [0.5, 0.6) is 0 Å². The van der Waals surface area contributed by atoms with Gasteiger partial charge < -0.3 is 4.74 Å². The second-order valence-electron chi connectivity index (χ2n) is 4.00. The third kappa shape index (κ3) is 3.33. The Labute approximate surface area is 119 Å². The smallest absolute Gasteiger partial charge is 0.412 e. The van der Waals surface area contributed by atoms with Crippen LogP contribution in [0.4, 0.5) is 10.5 Å². The van der Waals surface area contributed by atoms with E-state index in [9.17, 15) is 4.79 Å². The first kappa shape index (κ1) is 14.0. The van der Waals surface area contributed by atoms with Crippen molar-refractivity contribution in [2.24, 2.45) is 0 Å². The van der Waals surface area contributed by atoms with Crippen LogP contribution in [0.3, 0.4) is 0 Å². The van der Waals surface area contributed by atoms with Crippen LogP contribution in [0.15, 0.2) is 9.24 Å². The van der Waals surface area contributed by atoms with Gasteiger partial charge in [0.05, 0.1) is 0 Å². The number of aromatic nitrogens is 1. The van der Waals surface area contributed by atoms with Crippen LogP contribution in [0.25, 0.3) is 0 Å². The Balaban J connectivity index is 1.98. The first-order chi connectivity index (χ1) is 8.74. The topological polar surface area (TPSA) is 51.2 Å². The van der Waals surface area contributed by atoms with Crippen LogP contribution in [-0.4, -0.2) is 29.1 Å². The lowest BCUT2D eigenvalue weighted by molar-refractivity contribution is 0.114. The minimum Gasteiger partial charge on any atom is -0.446 e. The van der Waals surface area contributed by atoms with E-state index in [0.29, 0.717) is 0 Å². The maximum Gasteiger partial charge on any atom is 0.412 e. The summed E-state index contributed by atoms with van der Waals surface area (Å²) < 4.78 is 10.7. The quantitative estimate of drug-likeness (QED) is 0.849. The van der Waals surface area contributed by atoms with Crippen molar-refractivity contribution < 1.29 is 9.53 Å². The van der Waals surface area contributed by atoms with Gasteiger partial charge in [0.25, 0.3) is 0 Å². The standard InChI is InChI=1S/C11H16N2O2S3/c1-16-9-8(10(17-2)18-13-9)12-11(14)15-7-5-3-4-6-7/h7H,3-6H2,1-2H3,(H,12,14). The highest BCUT2D eigenvalue weighted by Crippen LogP contribution is 2.37. The number of carbonyl (C=O) groups excluding carboxylic acids is 1. The molecule has 1 aromatic heterocycles. The number of carbonyl (C=O) groups is 1. The molecule has 0 saturated heterocycles. The van der Waals surface area contributed by atoms with Gasteiger partial charge in [0.15, 0.2) is 0 Å². The fraction of sp³-hybridized carbons (Fsp3) is 0.636. The SMILES string of the molecule is CSc1nsc(SC)c1NC(=O)OC1CCCC1. The Bertz CT molecular complexity index is 395. The lowest BCUT2D eigenvalue weighted by Crippen LogP contribution is -2.20. The number of hydrogen-bond acceptors (Lipinski definition) is 6. The van der Waals surface area contributed by atoms with Gasteiger partial charge in [-0.3, -0.25) is 5.32 Å². The third-order valence-corrected chi connectivity index (χ3v) is 5.55. The molecule has 4 nitrogen and oxygen atoms in total. The van der Waals surface area contributed by atoms with Crippen LogP contribution in [0, 0.1) is 0 Å². The van der Waals surface area contributed by atoms with Crippen molar-refractivity contribution >= 4 is 46.8 Å². The van der Waals surface area contributed by atoms with Crippen LogP contribution in [0.2, 0.25) is 0 Å². The molecule has 0 bridgehead atoms. The van der Waals surface area contributed by atoms with E-state index in [-0.39, 0.29) is 12.2 Å². The van der Waals surface area contributed by atoms with Gasteiger partial charge in [-0.2, -0.15) is 4.37 Å². The Morgan fingerprint density at radius 2 is 2.11 bits per heavy atom. The lowest BCUT2D eigenvalue weighted by Gasteiger charge is -2.12. The van der Waals surface area contributed by atoms with Crippen molar-refractivity contribution in [1.82, 2.24) is 4.37 Å². The Kier molecular flexibility index (Phi) is 5.20. The predicted octanol–water partition coefficient (Wildman–Crippen LogP) is 4.08. The summed E-state index contributed by atoms with van der Waals surface area (Å²) in [5.74, 6) is 0. The van der Waals surface area contributed by atoms with Crippen molar-refractivity contribution in [3.05, 3.63) is 0 Å². The fourth-order valence-electron chi connectivity index (χ4n) is 1.93. The van der Waals surface area contributed by atoms with Crippen LogP contribution < -0.4 is 5.32 Å². The number of anilines is 1. The van der Waals surface area contributed by atoms with E-state index in [1.807, 2.05) is 12.5 Å². The molecule has 0 aliphatic heterocycles. The molecule has 1 aliphatic rings. The van der Waals surface area contributed by atoms with Crippen molar-refractivity contribution in [2.75, 3.05) is 17.8 Å². The number of hydrogen-bond donors (Lipinski definition) is 1. The zero-order valence-corrected chi connectivity index (χ0v) is 12.8. The first-order valence-electron chi connectivity index (χ1n) is 5.80. The normalized spacial score (nSPS) is 15.9. The Morgan fingerprint density at radius 1 is 1.39 bits per heavy atom. The summed E-state index contributed by atoms with van der Waals surface area (Å²) in [5.41, 5.74) is 0.794. The monoisotopic (exact) mass is 304 g/mol. The van der Waals surface area contributed by atoms with Gasteiger partial charge in [-0.15, -0.1) is 23.5 Å². The van der Waals surface area contributed by atoms with E-state index in [1.165, 1.54) is 23.3 Å². The molecule has 100 valence electrons. The highest BCUT2D eigenvalue weighted by molar-refractivity contribution is 8.01. The molecule has 18 heavy (non-hydrogen) atoms. The number of nitrogens with zero attached hydrogens (tertiary/aromatic N) is 1. The summed E-state index contributed by atoms with van der Waals surface area (Å²) in [4.78, 5) is 11.8. The van der Waals surface area contributed by atoms with E-state index in [0.717, 1.165) is 40.6 Å². The highest BCUT2D eigenvalue weighted by atomic mass is 32.2. The number of rotatable bonds is 4. The minimum absolute atomic E-state index is 0.0899. The molecular formula is C11H16N2O2S3. The average molecular weight is 304 g/mol. The molecule has 1 fully saturated rings. The molecule has 0 atom stereocenters. The molecule has 1 heterocycles. The molecule has 1 saturated carbocycles. The zero-order valence-electron chi connectivity index (χ0n) is 10.4. The van der Waals surface area contributed by atoms with Crippen molar-refractivity contribution in [2.45, 2.75) is 41.0 Å². The molecule has 0 radical (unpaired) electrons. The number of amides is 1. The summed E-state index contributed by atoms with van der Waals surface area (Å²) in [5, 5.41) is 3.69. The van der Waals surface area contributed by atoms with Crippen molar-refractivity contribution in [1.29, 1.82) is 0 Å². The maximum absolute atomic E-state index is 11.8. The van der Waals surface area contributed by atoms with Crippen LogP contribution in [0.1, 0.15) is 25.7 Å². The molecule has 1 amide bonds. The van der Waals surface area contributed by atoms with E-state index in [2.05, 4.69) is 9.69 Å². The Morgan fingerprint density at radius 3 is 2.72 bits per heavy atom. The second kappa shape index (κ2) is 6.68. The fourth-order valence-corrected chi connectivity index (χ4v) is 4.09. The van der Waals surface area contributed by atoms with Gasteiger partial charge in [-0.05, 0) is 49.7 Å². The van der Waals surface area contributed by atoms with Crippen LogP contribution >= 0.6 is 35.1 Å². The first-order valence-corrected chi connectivity index (χ1v) is 9.02. The summed E-state index contributed by atoms with van der Waals surface area (Å²) >= 11 is 4.53. The van der Waals surface area contributed by atoms with Gasteiger partial charge in [0.2, 0.25) is 0 Å². The summed E-state index contributed by atoms with van der Waals surface area (Å²) in [7, 11) is 0. The molecule has 0 unspecified atom stereocenters. The van der Waals surface area contributed by atoms with Gasteiger partial charge in [0, 0.05) is 0 Å². The zero-order chi connectivity index (χ0) is 13.0. The summed E-state index contributed by atoms with van der Waals surface area (Å²) in [6.07, 6.45) is 7.95. The third-order valence-electron chi connectivity index (χ3n) is 2.81. The van der Waals surface area contributed by atoms with Crippen LogP contribution in [-0.2, 0) is 4.74 Å². The van der Waals surface area contributed by atoms with Gasteiger partial charge in [-0.1, -0.05) is 0 Å². The van der Waals surface area contributed by atoms with E-state index < -0.39 is 0 Å². The highest BCUT2D eigenvalue weighted by Gasteiger charge is 2.21. The average Bonchev–Trinajstić information content (AvgIpc) is 2.98. The summed E-state index contributed by atoms with van der Waals surface area (Å²) in [6, 6.07) is 0. The van der Waals surface area contributed by atoms with E-state index >= 15 is 0 Å². The largest absolute Gasteiger partial charge is 0.446 e. The van der Waals surface area contributed by atoms with Crippen molar-refractivity contribution in [3.8, 4) is 0 Å². The summed E-state index contributed by atoms with van der Waals surface area (Å²) in [6.45, 7) is 0. The predicted molar refractivity (Wildman–Crippen MR) is 78.0 cm³/mol. The number of nitrogens with one attached hydrogen (secondary N) is 1. The van der Waals surface area contributed by atoms with Gasteiger partial charge >= 0.3 is 6.09 Å². The number of ether oxygens (including phenoxy) is 1. The maximum atomic E-state index is 11.8. The molecule has 1 aromatic rings. The Hall–Kier alpha value is -0.400. The molecule has 1 aliphatic carbocycles. The van der Waals surface area contributed by atoms with E-state index in [4.69, 9.17) is 4.74 Å². The molecule has 0 spiro atoms. The van der Waals surface area contributed by atoms with E-state index in [1.54, 1.807) is 11.8 Å². The molecule has 2 rings (SSSR count). The van der Waals surface area contributed by atoms with Crippen molar-refractivity contribution in [3.63, 3.8) is 0 Å². The molecule has 1 N–H and O–H groups in total. The molecule has 0 aromatic carbocycles. The van der Waals surface area contributed by atoms with Gasteiger partial charge in [-0.25, -0.2) is 4.79 Å². The minimum atomic E-state index is -0.354.